The Morgan fingerprint density at radius 2 is 1.93 bits per heavy atom. The summed E-state index contributed by atoms with van der Waals surface area (Å²) in [6.45, 7) is 8.35. The number of nitrogens with zero attached hydrogens (tertiary/aromatic N) is 3. The van der Waals surface area contributed by atoms with Crippen LogP contribution in [0, 0.1) is 12.8 Å². The van der Waals surface area contributed by atoms with E-state index in [1.165, 1.54) is 6.39 Å². The summed E-state index contributed by atoms with van der Waals surface area (Å²) in [5.74, 6) is 0.854. The maximum absolute atomic E-state index is 5.31. The SMILES string of the molecule is Cc1nnc(C(C)C(C)C)c2ncoc12. The highest BCUT2D eigenvalue weighted by Crippen LogP contribution is 2.27. The first-order chi connectivity index (χ1) is 7.11. The largest absolute Gasteiger partial charge is 0.441 e. The lowest BCUT2D eigenvalue weighted by molar-refractivity contribution is 0.520. The Bertz CT molecular complexity index is 476. The van der Waals surface area contributed by atoms with E-state index in [0.717, 1.165) is 22.5 Å². The Labute approximate surface area is 88.7 Å². The maximum Gasteiger partial charge on any atom is 0.182 e. The fourth-order valence-electron chi connectivity index (χ4n) is 1.53. The van der Waals surface area contributed by atoms with Crippen LogP contribution in [0.4, 0.5) is 0 Å². The van der Waals surface area contributed by atoms with Crippen LogP contribution in [-0.2, 0) is 0 Å². The molecular formula is C11H15N3O. The zero-order chi connectivity index (χ0) is 11.0. The van der Waals surface area contributed by atoms with Gasteiger partial charge in [0.2, 0.25) is 0 Å². The average Bonchev–Trinajstić information content (AvgIpc) is 2.66. The van der Waals surface area contributed by atoms with E-state index in [2.05, 4.69) is 36.0 Å². The van der Waals surface area contributed by atoms with Gasteiger partial charge in [0, 0.05) is 5.92 Å². The molecule has 0 amide bonds. The summed E-state index contributed by atoms with van der Waals surface area (Å²) >= 11 is 0. The molecule has 2 rings (SSSR count). The molecule has 0 aliphatic carbocycles. The molecule has 1 atom stereocenters. The predicted octanol–water partition coefficient (Wildman–Crippen LogP) is 2.69. The van der Waals surface area contributed by atoms with Crippen molar-refractivity contribution >= 4 is 11.1 Å². The molecule has 15 heavy (non-hydrogen) atoms. The zero-order valence-corrected chi connectivity index (χ0v) is 9.48. The highest BCUT2D eigenvalue weighted by Gasteiger charge is 2.18. The van der Waals surface area contributed by atoms with Crippen molar-refractivity contribution in [1.82, 2.24) is 15.2 Å². The number of hydrogen-bond acceptors (Lipinski definition) is 4. The summed E-state index contributed by atoms with van der Waals surface area (Å²) in [4.78, 5) is 4.21. The number of aromatic nitrogens is 3. The van der Waals surface area contributed by atoms with Crippen LogP contribution in [0.2, 0.25) is 0 Å². The van der Waals surface area contributed by atoms with Crippen molar-refractivity contribution in [3.05, 3.63) is 17.8 Å². The second kappa shape index (κ2) is 3.61. The Balaban J connectivity index is 2.62. The first-order valence-electron chi connectivity index (χ1n) is 5.17. The van der Waals surface area contributed by atoms with Gasteiger partial charge in [-0.25, -0.2) is 4.98 Å². The predicted molar refractivity (Wildman–Crippen MR) is 57.6 cm³/mol. The molecule has 0 radical (unpaired) electrons. The van der Waals surface area contributed by atoms with Crippen molar-refractivity contribution in [3.8, 4) is 0 Å². The van der Waals surface area contributed by atoms with E-state index in [9.17, 15) is 0 Å². The van der Waals surface area contributed by atoms with Gasteiger partial charge in [-0.3, -0.25) is 0 Å². The molecule has 4 nitrogen and oxygen atoms in total. The van der Waals surface area contributed by atoms with Crippen molar-refractivity contribution in [1.29, 1.82) is 0 Å². The number of oxazole rings is 1. The van der Waals surface area contributed by atoms with E-state index >= 15 is 0 Å². The van der Waals surface area contributed by atoms with E-state index in [1.807, 2.05) is 6.92 Å². The summed E-state index contributed by atoms with van der Waals surface area (Å²) in [5.41, 5.74) is 3.33. The van der Waals surface area contributed by atoms with Gasteiger partial charge in [-0.05, 0) is 12.8 Å². The van der Waals surface area contributed by atoms with Crippen molar-refractivity contribution in [2.75, 3.05) is 0 Å². The quantitative estimate of drug-likeness (QED) is 0.756. The minimum Gasteiger partial charge on any atom is -0.441 e. The van der Waals surface area contributed by atoms with Crippen LogP contribution in [-0.4, -0.2) is 15.2 Å². The van der Waals surface area contributed by atoms with Crippen LogP contribution in [0.3, 0.4) is 0 Å². The molecule has 4 heteroatoms. The van der Waals surface area contributed by atoms with Gasteiger partial charge in [0.25, 0.3) is 0 Å². The Hall–Kier alpha value is -1.45. The minimum absolute atomic E-state index is 0.339. The summed E-state index contributed by atoms with van der Waals surface area (Å²) in [7, 11) is 0. The molecule has 0 spiro atoms. The lowest BCUT2D eigenvalue weighted by Gasteiger charge is -2.14. The molecule has 0 fully saturated rings. The molecule has 0 N–H and O–H groups in total. The van der Waals surface area contributed by atoms with Crippen molar-refractivity contribution in [3.63, 3.8) is 0 Å². The smallest absolute Gasteiger partial charge is 0.182 e. The second-order valence-corrected chi connectivity index (χ2v) is 4.23. The first kappa shape index (κ1) is 10.1. The minimum atomic E-state index is 0.339. The summed E-state index contributed by atoms with van der Waals surface area (Å²) in [6.07, 6.45) is 1.46. The zero-order valence-electron chi connectivity index (χ0n) is 9.48. The first-order valence-corrected chi connectivity index (χ1v) is 5.17. The Morgan fingerprint density at radius 3 is 2.60 bits per heavy atom. The molecule has 0 aromatic carbocycles. The normalized spacial score (nSPS) is 13.7. The summed E-state index contributed by atoms with van der Waals surface area (Å²) in [5, 5.41) is 8.33. The lowest BCUT2D eigenvalue weighted by atomic mass is 9.94. The second-order valence-electron chi connectivity index (χ2n) is 4.23. The van der Waals surface area contributed by atoms with Gasteiger partial charge in [-0.2, -0.15) is 10.2 Å². The Morgan fingerprint density at radius 1 is 1.20 bits per heavy atom. The molecule has 1 unspecified atom stereocenters. The number of rotatable bonds is 2. The molecular weight excluding hydrogens is 190 g/mol. The fraction of sp³-hybridized carbons (Fsp3) is 0.545. The molecule has 2 heterocycles. The van der Waals surface area contributed by atoms with Crippen LogP contribution in [0.1, 0.15) is 38.1 Å². The van der Waals surface area contributed by atoms with Crippen LogP contribution in [0.25, 0.3) is 11.1 Å². The van der Waals surface area contributed by atoms with Crippen molar-refractivity contribution in [2.45, 2.75) is 33.6 Å². The summed E-state index contributed by atoms with van der Waals surface area (Å²) < 4.78 is 5.31. The molecule has 2 aromatic rings. The van der Waals surface area contributed by atoms with Gasteiger partial charge in [0.1, 0.15) is 11.2 Å². The number of fused-ring (bicyclic) bond motifs is 1. The maximum atomic E-state index is 5.31. The third kappa shape index (κ3) is 1.60. The van der Waals surface area contributed by atoms with Crippen LogP contribution in [0.5, 0.6) is 0 Å². The highest BCUT2D eigenvalue weighted by atomic mass is 16.3. The van der Waals surface area contributed by atoms with E-state index in [-0.39, 0.29) is 0 Å². The van der Waals surface area contributed by atoms with Gasteiger partial charge in [0.05, 0.1) is 5.69 Å². The van der Waals surface area contributed by atoms with Crippen molar-refractivity contribution in [2.24, 2.45) is 5.92 Å². The van der Waals surface area contributed by atoms with Crippen LogP contribution >= 0.6 is 0 Å². The highest BCUT2D eigenvalue weighted by molar-refractivity contribution is 5.76. The van der Waals surface area contributed by atoms with E-state index in [4.69, 9.17) is 4.42 Å². The fourth-order valence-corrected chi connectivity index (χ4v) is 1.53. The molecule has 0 saturated carbocycles. The van der Waals surface area contributed by atoms with E-state index < -0.39 is 0 Å². The van der Waals surface area contributed by atoms with Crippen LogP contribution < -0.4 is 0 Å². The van der Waals surface area contributed by atoms with Gasteiger partial charge >= 0.3 is 0 Å². The molecule has 0 bridgehead atoms. The molecule has 80 valence electrons. The molecule has 0 aliphatic heterocycles. The Kier molecular flexibility index (Phi) is 2.42. The van der Waals surface area contributed by atoms with Gasteiger partial charge in [-0.15, -0.1) is 0 Å². The number of hydrogen-bond donors (Lipinski definition) is 0. The molecule has 0 aliphatic rings. The standard InChI is InChI=1S/C11H15N3O/c1-6(2)7(3)9-10-11(15-5-12-10)8(4)13-14-9/h5-7H,1-4H3. The number of aryl methyl sites for hydroxylation is 1. The van der Waals surface area contributed by atoms with Crippen LogP contribution in [0.15, 0.2) is 10.8 Å². The topological polar surface area (TPSA) is 51.8 Å². The van der Waals surface area contributed by atoms with E-state index in [0.29, 0.717) is 11.8 Å². The van der Waals surface area contributed by atoms with Gasteiger partial charge in [-0.1, -0.05) is 20.8 Å². The van der Waals surface area contributed by atoms with Crippen molar-refractivity contribution < 1.29 is 4.42 Å². The third-order valence-corrected chi connectivity index (χ3v) is 2.88. The summed E-state index contributed by atoms with van der Waals surface area (Å²) in [6, 6.07) is 0. The van der Waals surface area contributed by atoms with E-state index in [1.54, 1.807) is 0 Å². The monoisotopic (exact) mass is 205 g/mol. The molecule has 2 aromatic heterocycles. The van der Waals surface area contributed by atoms with Gasteiger partial charge < -0.3 is 4.42 Å². The lowest BCUT2D eigenvalue weighted by Crippen LogP contribution is -2.07. The molecule has 0 saturated heterocycles. The third-order valence-electron chi connectivity index (χ3n) is 2.88. The van der Waals surface area contributed by atoms with Gasteiger partial charge in [0.15, 0.2) is 12.0 Å². The average molecular weight is 205 g/mol.